The second-order valence-corrected chi connectivity index (χ2v) is 5.37. The third-order valence-corrected chi connectivity index (χ3v) is 3.63. The summed E-state index contributed by atoms with van der Waals surface area (Å²) in [7, 11) is 1.61. The van der Waals surface area contributed by atoms with Gasteiger partial charge in [-0.2, -0.15) is 0 Å². The average Bonchev–Trinajstić information content (AvgIpc) is 2.45. The smallest absolute Gasteiger partial charge is 0.216 e. The SMILES string of the molecule is COCc1nc(N)cc(N2CCC(CNC(C)=O)CC2)n1. The van der Waals surface area contributed by atoms with Crippen LogP contribution in [0.1, 0.15) is 25.6 Å². The van der Waals surface area contributed by atoms with Gasteiger partial charge in [0, 0.05) is 39.7 Å². The van der Waals surface area contributed by atoms with Gasteiger partial charge in [0.25, 0.3) is 0 Å². The molecular weight excluding hydrogens is 270 g/mol. The molecule has 116 valence electrons. The van der Waals surface area contributed by atoms with Crippen molar-refractivity contribution in [1.82, 2.24) is 15.3 Å². The van der Waals surface area contributed by atoms with Crippen molar-refractivity contribution in [2.24, 2.45) is 5.92 Å². The van der Waals surface area contributed by atoms with Crippen LogP contribution in [0.15, 0.2) is 6.07 Å². The minimum absolute atomic E-state index is 0.0326. The number of nitrogen functional groups attached to an aromatic ring is 1. The van der Waals surface area contributed by atoms with E-state index in [0.29, 0.717) is 24.2 Å². The Bertz CT molecular complexity index is 486. The van der Waals surface area contributed by atoms with Gasteiger partial charge in [0.2, 0.25) is 5.91 Å². The number of rotatable bonds is 5. The van der Waals surface area contributed by atoms with Crippen LogP contribution < -0.4 is 16.0 Å². The third kappa shape index (κ3) is 4.56. The van der Waals surface area contributed by atoms with Gasteiger partial charge in [-0.1, -0.05) is 0 Å². The van der Waals surface area contributed by atoms with Gasteiger partial charge in [-0.15, -0.1) is 0 Å². The monoisotopic (exact) mass is 293 g/mol. The van der Waals surface area contributed by atoms with Crippen LogP contribution in [0.3, 0.4) is 0 Å². The zero-order valence-electron chi connectivity index (χ0n) is 12.6. The lowest BCUT2D eigenvalue weighted by Gasteiger charge is -2.33. The van der Waals surface area contributed by atoms with Gasteiger partial charge in [-0.25, -0.2) is 9.97 Å². The van der Waals surface area contributed by atoms with E-state index in [-0.39, 0.29) is 5.91 Å². The van der Waals surface area contributed by atoms with Crippen molar-refractivity contribution in [3.63, 3.8) is 0 Å². The minimum Gasteiger partial charge on any atom is -0.384 e. The molecule has 1 aliphatic rings. The number of nitrogens with two attached hydrogens (primary N) is 1. The molecule has 1 aliphatic heterocycles. The summed E-state index contributed by atoms with van der Waals surface area (Å²) in [6.07, 6.45) is 2.06. The zero-order valence-corrected chi connectivity index (χ0v) is 12.6. The van der Waals surface area contributed by atoms with Crippen LogP contribution in [-0.2, 0) is 16.1 Å². The first kappa shape index (κ1) is 15.5. The summed E-state index contributed by atoms with van der Waals surface area (Å²) in [4.78, 5) is 21.8. The molecule has 0 aliphatic carbocycles. The zero-order chi connectivity index (χ0) is 15.2. The van der Waals surface area contributed by atoms with Crippen molar-refractivity contribution in [2.75, 3.05) is 37.4 Å². The molecule has 0 unspecified atom stereocenters. The topological polar surface area (TPSA) is 93.4 Å². The summed E-state index contributed by atoms with van der Waals surface area (Å²) in [5.74, 6) is 2.49. The van der Waals surface area contributed by atoms with E-state index >= 15 is 0 Å². The number of hydrogen-bond donors (Lipinski definition) is 2. The highest BCUT2D eigenvalue weighted by molar-refractivity contribution is 5.72. The van der Waals surface area contributed by atoms with Crippen molar-refractivity contribution in [3.05, 3.63) is 11.9 Å². The Morgan fingerprint density at radius 1 is 1.48 bits per heavy atom. The number of anilines is 2. The fraction of sp³-hybridized carbons (Fsp3) is 0.643. The Labute approximate surface area is 124 Å². The van der Waals surface area contributed by atoms with Gasteiger partial charge in [-0.05, 0) is 18.8 Å². The van der Waals surface area contributed by atoms with Crippen LogP contribution in [-0.4, -0.2) is 42.6 Å². The second kappa shape index (κ2) is 7.21. The molecule has 0 spiro atoms. The summed E-state index contributed by atoms with van der Waals surface area (Å²) in [6.45, 7) is 4.48. The Kier molecular flexibility index (Phi) is 5.32. The molecule has 0 radical (unpaired) electrons. The summed E-state index contributed by atoms with van der Waals surface area (Å²) in [5.41, 5.74) is 5.82. The molecule has 3 N–H and O–H groups in total. The molecule has 7 nitrogen and oxygen atoms in total. The van der Waals surface area contributed by atoms with Crippen molar-refractivity contribution >= 4 is 17.5 Å². The molecular formula is C14H23N5O2. The number of piperidine rings is 1. The molecule has 1 fully saturated rings. The van der Waals surface area contributed by atoms with Gasteiger partial charge in [0.1, 0.15) is 18.2 Å². The summed E-state index contributed by atoms with van der Waals surface area (Å²) in [5, 5.41) is 2.89. The summed E-state index contributed by atoms with van der Waals surface area (Å²) >= 11 is 0. The van der Waals surface area contributed by atoms with E-state index in [1.54, 1.807) is 20.1 Å². The fourth-order valence-corrected chi connectivity index (χ4v) is 2.51. The highest BCUT2D eigenvalue weighted by Gasteiger charge is 2.21. The number of methoxy groups -OCH3 is 1. The second-order valence-electron chi connectivity index (χ2n) is 5.37. The van der Waals surface area contributed by atoms with Crippen LogP contribution in [0.25, 0.3) is 0 Å². The Morgan fingerprint density at radius 3 is 2.81 bits per heavy atom. The van der Waals surface area contributed by atoms with Crippen molar-refractivity contribution in [1.29, 1.82) is 0 Å². The molecule has 0 atom stereocenters. The van der Waals surface area contributed by atoms with Gasteiger partial charge in [0.05, 0.1) is 0 Å². The molecule has 1 amide bonds. The first-order valence-electron chi connectivity index (χ1n) is 7.20. The minimum atomic E-state index is 0.0326. The standard InChI is InChI=1S/C14H23N5O2/c1-10(20)16-8-11-3-5-19(6-4-11)14-7-12(15)17-13(18-14)9-21-2/h7,11H,3-6,8-9H2,1-2H3,(H,16,20)(H2,15,17,18). The number of amides is 1. The number of ether oxygens (including phenoxy) is 1. The molecule has 2 heterocycles. The maximum absolute atomic E-state index is 10.9. The van der Waals surface area contributed by atoms with Crippen molar-refractivity contribution in [3.8, 4) is 0 Å². The quantitative estimate of drug-likeness (QED) is 0.824. The number of nitrogens with zero attached hydrogens (tertiary/aromatic N) is 3. The molecule has 0 bridgehead atoms. The van der Waals surface area contributed by atoms with E-state index in [4.69, 9.17) is 10.5 Å². The first-order chi connectivity index (χ1) is 10.1. The third-order valence-electron chi connectivity index (χ3n) is 3.63. The molecule has 21 heavy (non-hydrogen) atoms. The highest BCUT2D eigenvalue weighted by Crippen LogP contribution is 2.22. The maximum atomic E-state index is 10.9. The number of hydrogen-bond acceptors (Lipinski definition) is 6. The van der Waals surface area contributed by atoms with Crippen LogP contribution in [0.5, 0.6) is 0 Å². The van der Waals surface area contributed by atoms with Gasteiger partial charge in [-0.3, -0.25) is 4.79 Å². The number of aromatic nitrogens is 2. The Morgan fingerprint density at radius 2 is 2.19 bits per heavy atom. The van der Waals surface area contributed by atoms with E-state index in [2.05, 4.69) is 20.2 Å². The molecule has 2 rings (SSSR count). The van der Waals surface area contributed by atoms with Gasteiger partial charge >= 0.3 is 0 Å². The molecule has 1 aromatic heterocycles. The van der Waals surface area contributed by atoms with Crippen LogP contribution in [0.2, 0.25) is 0 Å². The average molecular weight is 293 g/mol. The number of carbonyl (C=O) groups is 1. The summed E-state index contributed by atoms with van der Waals surface area (Å²) < 4.78 is 5.06. The van der Waals surface area contributed by atoms with E-state index in [1.807, 2.05) is 0 Å². The fourth-order valence-electron chi connectivity index (χ4n) is 2.51. The summed E-state index contributed by atoms with van der Waals surface area (Å²) in [6, 6.07) is 1.80. The first-order valence-corrected chi connectivity index (χ1v) is 7.20. The van der Waals surface area contributed by atoms with Crippen molar-refractivity contribution < 1.29 is 9.53 Å². The van der Waals surface area contributed by atoms with Crippen LogP contribution in [0.4, 0.5) is 11.6 Å². The van der Waals surface area contributed by atoms with E-state index in [1.165, 1.54) is 0 Å². The highest BCUT2D eigenvalue weighted by atomic mass is 16.5. The lowest BCUT2D eigenvalue weighted by molar-refractivity contribution is -0.119. The van der Waals surface area contributed by atoms with Crippen LogP contribution >= 0.6 is 0 Å². The number of nitrogens with one attached hydrogen (secondary N) is 1. The predicted molar refractivity (Wildman–Crippen MR) is 80.8 cm³/mol. The molecule has 1 saturated heterocycles. The number of carbonyl (C=O) groups excluding carboxylic acids is 1. The lowest BCUT2D eigenvalue weighted by atomic mass is 9.97. The normalized spacial score (nSPS) is 16.0. The van der Waals surface area contributed by atoms with E-state index in [9.17, 15) is 4.79 Å². The van der Waals surface area contributed by atoms with Gasteiger partial charge < -0.3 is 20.7 Å². The largest absolute Gasteiger partial charge is 0.384 e. The molecule has 0 aromatic carbocycles. The van der Waals surface area contributed by atoms with E-state index in [0.717, 1.165) is 38.3 Å². The maximum Gasteiger partial charge on any atom is 0.216 e. The lowest BCUT2D eigenvalue weighted by Crippen LogP contribution is -2.38. The van der Waals surface area contributed by atoms with Crippen LogP contribution in [0, 0.1) is 5.92 Å². The van der Waals surface area contributed by atoms with E-state index < -0.39 is 0 Å². The molecule has 1 aromatic rings. The molecule has 7 heteroatoms. The predicted octanol–water partition coefficient (Wildman–Crippen LogP) is 0.558. The van der Waals surface area contributed by atoms with Gasteiger partial charge in [0.15, 0.2) is 5.82 Å². The Balaban J connectivity index is 1.94. The van der Waals surface area contributed by atoms with Crippen molar-refractivity contribution in [2.45, 2.75) is 26.4 Å². The molecule has 0 saturated carbocycles. The Hall–Kier alpha value is -1.89.